The summed E-state index contributed by atoms with van der Waals surface area (Å²) in [4.78, 5) is 11.8. The van der Waals surface area contributed by atoms with Crippen LogP contribution in [-0.2, 0) is 12.4 Å². The van der Waals surface area contributed by atoms with Crippen LogP contribution < -0.4 is 10.6 Å². The Morgan fingerprint density at radius 1 is 0.885 bits per heavy atom. The Labute approximate surface area is 146 Å². The quantitative estimate of drug-likeness (QED) is 0.582. The van der Waals surface area contributed by atoms with Gasteiger partial charge in [-0.3, -0.25) is 0 Å². The fourth-order valence-corrected chi connectivity index (χ4v) is 2.13. The lowest BCUT2D eigenvalue weighted by Gasteiger charge is -2.15. The highest BCUT2D eigenvalue weighted by molar-refractivity contribution is 6.33. The van der Waals surface area contributed by atoms with Crippen LogP contribution in [-0.4, -0.2) is 6.03 Å². The zero-order chi connectivity index (χ0) is 19.7. The highest BCUT2D eigenvalue weighted by Crippen LogP contribution is 2.37. The Hall–Kier alpha value is -2.49. The molecule has 0 spiro atoms. The fraction of sp³-hybridized carbons (Fsp3) is 0.133. The first kappa shape index (κ1) is 19.8. The summed E-state index contributed by atoms with van der Waals surface area (Å²) in [6, 6.07) is 2.69. The van der Waals surface area contributed by atoms with Crippen LogP contribution in [0.25, 0.3) is 0 Å². The third kappa shape index (κ3) is 4.78. The molecule has 2 aromatic rings. The molecule has 2 N–H and O–H groups in total. The number of hydrogen-bond donors (Lipinski definition) is 2. The van der Waals surface area contributed by atoms with Gasteiger partial charge in [-0.1, -0.05) is 17.7 Å². The van der Waals surface area contributed by atoms with Gasteiger partial charge in [0.2, 0.25) is 0 Å². The number of benzene rings is 2. The van der Waals surface area contributed by atoms with Gasteiger partial charge in [-0.15, -0.1) is 0 Å². The van der Waals surface area contributed by atoms with E-state index in [9.17, 15) is 35.5 Å². The lowest BCUT2D eigenvalue weighted by molar-refractivity contribution is -0.143. The van der Waals surface area contributed by atoms with Crippen LogP contribution in [0.4, 0.5) is 46.9 Å². The maximum atomic E-state index is 13.6. The first-order valence-electron chi connectivity index (χ1n) is 6.69. The molecule has 2 rings (SSSR count). The Kier molecular flexibility index (Phi) is 5.36. The van der Waals surface area contributed by atoms with Crippen LogP contribution in [0.1, 0.15) is 11.1 Å². The number of urea groups is 1. The molecule has 2 amide bonds. The predicted molar refractivity (Wildman–Crippen MR) is 80.5 cm³/mol. The number of anilines is 2. The number of halogens is 8. The molecule has 0 fully saturated rings. The fourth-order valence-electron chi connectivity index (χ4n) is 1.92. The lowest BCUT2D eigenvalue weighted by Crippen LogP contribution is -2.21. The maximum Gasteiger partial charge on any atom is 0.416 e. The van der Waals surface area contributed by atoms with Gasteiger partial charge in [-0.05, 0) is 30.3 Å². The van der Waals surface area contributed by atoms with Crippen LogP contribution in [0.5, 0.6) is 0 Å². The summed E-state index contributed by atoms with van der Waals surface area (Å²) in [5.41, 5.74) is -4.47. The van der Waals surface area contributed by atoms with Gasteiger partial charge in [0.1, 0.15) is 5.82 Å². The van der Waals surface area contributed by atoms with Crippen molar-refractivity contribution in [1.82, 2.24) is 0 Å². The zero-order valence-corrected chi connectivity index (χ0v) is 13.2. The normalized spacial score (nSPS) is 12.0. The number of amides is 2. The number of carbonyl (C=O) groups excluding carboxylic acids is 1. The van der Waals surface area contributed by atoms with E-state index in [1.807, 2.05) is 5.32 Å². The molecule has 3 nitrogen and oxygen atoms in total. The molecule has 0 heterocycles. The van der Waals surface area contributed by atoms with Gasteiger partial charge in [0.05, 0.1) is 21.8 Å². The minimum Gasteiger partial charge on any atom is -0.308 e. The van der Waals surface area contributed by atoms with E-state index >= 15 is 0 Å². The van der Waals surface area contributed by atoms with Gasteiger partial charge < -0.3 is 10.6 Å². The number of alkyl halides is 6. The second-order valence-corrected chi connectivity index (χ2v) is 5.38. The zero-order valence-electron chi connectivity index (χ0n) is 12.4. The predicted octanol–water partition coefficient (Wildman–Crippen LogP) is 6.16. The van der Waals surface area contributed by atoms with Crippen LogP contribution in [0.2, 0.25) is 5.02 Å². The maximum absolute atomic E-state index is 13.6. The Morgan fingerprint density at radius 2 is 1.42 bits per heavy atom. The van der Waals surface area contributed by atoms with Crippen molar-refractivity contribution in [2.24, 2.45) is 0 Å². The minimum atomic E-state index is -5.07. The van der Waals surface area contributed by atoms with Crippen LogP contribution in [0.3, 0.4) is 0 Å². The molecule has 0 atom stereocenters. The first-order chi connectivity index (χ1) is 11.9. The van der Waals surface area contributed by atoms with E-state index in [1.165, 1.54) is 12.1 Å². The van der Waals surface area contributed by atoms with E-state index in [1.54, 1.807) is 5.32 Å². The molecule has 0 unspecified atom stereocenters. The summed E-state index contributed by atoms with van der Waals surface area (Å²) in [6.07, 6.45) is -10.1. The van der Waals surface area contributed by atoms with Crippen molar-refractivity contribution in [3.05, 3.63) is 58.4 Å². The third-order valence-corrected chi connectivity index (χ3v) is 3.36. The van der Waals surface area contributed by atoms with Gasteiger partial charge in [0.25, 0.3) is 0 Å². The van der Waals surface area contributed by atoms with Crippen molar-refractivity contribution in [3.8, 4) is 0 Å². The molecule has 0 saturated heterocycles. The van der Waals surface area contributed by atoms with Gasteiger partial charge in [-0.2, -0.15) is 26.3 Å². The molecule has 0 bridgehead atoms. The van der Waals surface area contributed by atoms with Crippen molar-refractivity contribution < 1.29 is 35.5 Å². The SMILES string of the molecule is O=C(Nc1cc(C(F)(F)F)cc(C(F)(F)F)c1)Nc1c(F)cccc1Cl. The standard InChI is InChI=1S/C15H8ClF7N2O/c16-10-2-1-3-11(17)12(10)25-13(26)24-9-5-7(14(18,19)20)4-8(6-9)15(21,22)23/h1-6H,(H2,24,25,26). The Balaban J connectivity index is 2.32. The van der Waals surface area contributed by atoms with Crippen molar-refractivity contribution >= 4 is 29.0 Å². The van der Waals surface area contributed by atoms with E-state index in [-0.39, 0.29) is 11.1 Å². The molecule has 0 aliphatic heterocycles. The third-order valence-electron chi connectivity index (χ3n) is 3.05. The monoisotopic (exact) mass is 400 g/mol. The van der Waals surface area contributed by atoms with Crippen LogP contribution in [0.15, 0.2) is 36.4 Å². The average molecular weight is 401 g/mol. The second kappa shape index (κ2) is 7.02. The van der Waals surface area contributed by atoms with Crippen molar-refractivity contribution in [2.75, 3.05) is 10.6 Å². The number of para-hydroxylation sites is 1. The topological polar surface area (TPSA) is 41.1 Å². The van der Waals surface area contributed by atoms with Crippen molar-refractivity contribution in [3.63, 3.8) is 0 Å². The summed E-state index contributed by atoms with van der Waals surface area (Å²) in [5.74, 6) is -0.937. The molecular formula is C15H8ClF7N2O. The molecule has 0 saturated carbocycles. The van der Waals surface area contributed by atoms with Gasteiger partial charge >= 0.3 is 18.4 Å². The minimum absolute atomic E-state index is 0.0865. The summed E-state index contributed by atoms with van der Waals surface area (Å²) in [5, 5.41) is 3.51. The summed E-state index contributed by atoms with van der Waals surface area (Å²) < 4.78 is 90.1. The molecule has 11 heteroatoms. The molecule has 2 aromatic carbocycles. The summed E-state index contributed by atoms with van der Waals surface area (Å²) in [6.45, 7) is 0. The molecule has 0 aliphatic rings. The summed E-state index contributed by atoms with van der Waals surface area (Å²) >= 11 is 5.67. The van der Waals surface area contributed by atoms with E-state index in [4.69, 9.17) is 11.6 Å². The number of nitrogens with one attached hydrogen (secondary N) is 2. The average Bonchev–Trinajstić information content (AvgIpc) is 2.49. The molecule has 0 aliphatic carbocycles. The first-order valence-corrected chi connectivity index (χ1v) is 7.07. The van der Waals surface area contributed by atoms with E-state index < -0.39 is 46.7 Å². The van der Waals surface area contributed by atoms with E-state index in [0.717, 1.165) is 6.07 Å². The van der Waals surface area contributed by atoms with Crippen LogP contribution in [0, 0.1) is 5.82 Å². The molecule has 26 heavy (non-hydrogen) atoms. The highest BCUT2D eigenvalue weighted by atomic mass is 35.5. The molecule has 0 aromatic heterocycles. The van der Waals surface area contributed by atoms with Crippen molar-refractivity contribution in [1.29, 1.82) is 0 Å². The smallest absolute Gasteiger partial charge is 0.308 e. The van der Waals surface area contributed by atoms with Gasteiger partial charge in [0, 0.05) is 5.69 Å². The highest BCUT2D eigenvalue weighted by Gasteiger charge is 2.37. The van der Waals surface area contributed by atoms with Gasteiger partial charge in [0.15, 0.2) is 0 Å². The number of rotatable bonds is 2. The lowest BCUT2D eigenvalue weighted by atomic mass is 10.1. The molecular weight excluding hydrogens is 393 g/mol. The number of carbonyl (C=O) groups is 1. The molecule has 0 radical (unpaired) electrons. The largest absolute Gasteiger partial charge is 0.416 e. The van der Waals surface area contributed by atoms with Gasteiger partial charge in [-0.25, -0.2) is 9.18 Å². The van der Waals surface area contributed by atoms with Crippen molar-refractivity contribution in [2.45, 2.75) is 12.4 Å². The summed E-state index contributed by atoms with van der Waals surface area (Å²) in [7, 11) is 0. The second-order valence-electron chi connectivity index (χ2n) is 4.97. The van der Waals surface area contributed by atoms with Crippen LogP contribution >= 0.6 is 11.6 Å². The molecule has 140 valence electrons. The Morgan fingerprint density at radius 3 is 1.88 bits per heavy atom. The van der Waals surface area contributed by atoms with E-state index in [2.05, 4.69) is 0 Å². The number of hydrogen-bond acceptors (Lipinski definition) is 1. The van der Waals surface area contributed by atoms with E-state index in [0.29, 0.717) is 12.1 Å². The Bertz CT molecular complexity index is 781.